The zero-order valence-electron chi connectivity index (χ0n) is 20.9. The number of ether oxygens (including phenoxy) is 1. The van der Waals surface area contributed by atoms with Crippen LogP contribution in [0.3, 0.4) is 0 Å². The van der Waals surface area contributed by atoms with Gasteiger partial charge in [-0.15, -0.1) is 11.3 Å². The molecule has 37 heavy (non-hydrogen) atoms. The Labute approximate surface area is 227 Å². The number of fused-ring (bicyclic) bond motifs is 1. The number of benzene rings is 2. The third kappa shape index (κ3) is 6.70. The van der Waals surface area contributed by atoms with Crippen molar-refractivity contribution in [2.75, 3.05) is 11.8 Å². The van der Waals surface area contributed by atoms with Gasteiger partial charge in [-0.05, 0) is 47.7 Å². The number of hydrogen-bond donors (Lipinski definition) is 3. The molecule has 2 heterocycles. The van der Waals surface area contributed by atoms with E-state index in [1.54, 1.807) is 19.2 Å². The van der Waals surface area contributed by atoms with Gasteiger partial charge in [0.25, 0.3) is 0 Å². The second-order valence-corrected chi connectivity index (χ2v) is 12.2. The van der Waals surface area contributed by atoms with E-state index in [-0.39, 0.29) is 5.91 Å². The average molecular weight is 560 g/mol. The number of nitrogens with one attached hydrogen (secondary N) is 2. The van der Waals surface area contributed by atoms with Crippen LogP contribution in [0.25, 0.3) is 10.9 Å². The molecule has 2 aromatic heterocycles. The van der Waals surface area contributed by atoms with Crippen molar-refractivity contribution in [3.63, 3.8) is 0 Å². The Morgan fingerprint density at radius 2 is 1.95 bits per heavy atom. The van der Waals surface area contributed by atoms with Crippen molar-refractivity contribution in [2.24, 2.45) is 11.7 Å². The van der Waals surface area contributed by atoms with Gasteiger partial charge >= 0.3 is 0 Å². The fourth-order valence-corrected chi connectivity index (χ4v) is 6.26. The van der Waals surface area contributed by atoms with Crippen molar-refractivity contribution < 1.29 is 13.7 Å². The van der Waals surface area contributed by atoms with Gasteiger partial charge in [0.05, 0.1) is 34.9 Å². The predicted molar refractivity (Wildman–Crippen MR) is 150 cm³/mol. The van der Waals surface area contributed by atoms with E-state index in [0.717, 1.165) is 22.0 Å². The SMILES string of the molecule is COc1cccc2c1c(NS(=O)c1ccc(Cl)s1)nn2Cc1cccc(CNC(=O)C(N)CC(C)C)c1. The van der Waals surface area contributed by atoms with Gasteiger partial charge in [-0.1, -0.05) is 55.8 Å². The minimum absolute atomic E-state index is 0.153. The van der Waals surface area contributed by atoms with E-state index < -0.39 is 17.0 Å². The molecule has 2 unspecified atom stereocenters. The molecular weight excluding hydrogens is 530 g/mol. The van der Waals surface area contributed by atoms with Gasteiger partial charge in [-0.3, -0.25) is 14.2 Å². The molecular formula is C26H30ClN5O3S2. The number of methoxy groups -OCH3 is 1. The Morgan fingerprint density at radius 1 is 1.19 bits per heavy atom. The number of thiophene rings is 1. The van der Waals surface area contributed by atoms with Crippen LogP contribution in [0.4, 0.5) is 5.82 Å². The lowest BCUT2D eigenvalue weighted by Crippen LogP contribution is -2.41. The van der Waals surface area contributed by atoms with Gasteiger partial charge in [0.1, 0.15) is 9.96 Å². The summed E-state index contributed by atoms with van der Waals surface area (Å²) in [6, 6.07) is 16.6. The zero-order chi connectivity index (χ0) is 26.5. The maximum atomic E-state index is 12.9. The van der Waals surface area contributed by atoms with Crippen molar-refractivity contribution in [1.29, 1.82) is 0 Å². The standard InChI is InChI=1S/C26H30ClN5O3S2/c1-16(2)12-19(28)26(33)29-14-17-6-4-7-18(13-17)15-32-20-8-5-9-21(35-3)24(20)25(30-32)31-37(34)23-11-10-22(27)36-23/h4-11,13,16,19H,12,14-15,28H2,1-3H3,(H,29,33)(H,30,31). The van der Waals surface area contributed by atoms with Gasteiger partial charge < -0.3 is 15.8 Å². The van der Waals surface area contributed by atoms with Crippen LogP contribution in [0.15, 0.2) is 58.8 Å². The molecule has 0 radical (unpaired) electrons. The average Bonchev–Trinajstić information content (AvgIpc) is 3.46. The van der Waals surface area contributed by atoms with Crippen molar-refractivity contribution in [1.82, 2.24) is 15.1 Å². The van der Waals surface area contributed by atoms with Crippen molar-refractivity contribution >= 4 is 56.6 Å². The normalized spacial score (nSPS) is 13.0. The molecule has 0 spiro atoms. The molecule has 0 saturated heterocycles. The fourth-order valence-electron chi connectivity index (χ4n) is 4.04. The number of rotatable bonds is 11. The van der Waals surface area contributed by atoms with Crippen LogP contribution in [0, 0.1) is 5.92 Å². The second kappa shape index (κ2) is 12.1. The number of aromatic nitrogens is 2. The molecule has 0 aliphatic carbocycles. The second-order valence-electron chi connectivity index (χ2n) is 9.06. The summed E-state index contributed by atoms with van der Waals surface area (Å²) in [7, 11) is 0.0644. The minimum atomic E-state index is -1.53. The Kier molecular flexibility index (Phi) is 8.86. The number of amides is 1. The highest BCUT2D eigenvalue weighted by atomic mass is 35.5. The van der Waals surface area contributed by atoms with E-state index in [1.807, 2.05) is 61.0 Å². The molecule has 4 N–H and O–H groups in total. The van der Waals surface area contributed by atoms with Crippen LogP contribution < -0.4 is 20.5 Å². The summed E-state index contributed by atoms with van der Waals surface area (Å²) in [4.78, 5) is 12.3. The molecule has 0 fully saturated rings. The smallest absolute Gasteiger partial charge is 0.237 e. The van der Waals surface area contributed by atoms with E-state index in [2.05, 4.69) is 10.0 Å². The van der Waals surface area contributed by atoms with E-state index >= 15 is 0 Å². The first-order valence-corrected chi connectivity index (χ1v) is 14.2. The third-order valence-electron chi connectivity index (χ3n) is 5.73. The first-order chi connectivity index (χ1) is 17.7. The summed E-state index contributed by atoms with van der Waals surface area (Å²) in [5.41, 5.74) is 8.80. The molecule has 2 aromatic carbocycles. The summed E-state index contributed by atoms with van der Waals surface area (Å²) in [6.07, 6.45) is 0.641. The van der Waals surface area contributed by atoms with Gasteiger partial charge in [-0.2, -0.15) is 5.10 Å². The molecule has 196 valence electrons. The maximum Gasteiger partial charge on any atom is 0.237 e. The summed E-state index contributed by atoms with van der Waals surface area (Å²) in [6.45, 7) is 4.95. The van der Waals surface area contributed by atoms with E-state index in [1.165, 1.54) is 11.3 Å². The summed E-state index contributed by atoms with van der Waals surface area (Å²) in [5.74, 6) is 1.28. The van der Waals surface area contributed by atoms with Gasteiger partial charge in [0.15, 0.2) is 16.8 Å². The number of carbonyl (C=O) groups is 1. The lowest BCUT2D eigenvalue weighted by molar-refractivity contribution is -0.122. The van der Waals surface area contributed by atoms with Crippen molar-refractivity contribution in [3.8, 4) is 5.75 Å². The molecule has 0 aliphatic heterocycles. The summed E-state index contributed by atoms with van der Waals surface area (Å²) >= 11 is 7.27. The van der Waals surface area contributed by atoms with Crippen LogP contribution in [0.1, 0.15) is 31.4 Å². The minimum Gasteiger partial charge on any atom is -0.496 e. The summed E-state index contributed by atoms with van der Waals surface area (Å²) < 4.78 is 24.5. The van der Waals surface area contributed by atoms with E-state index in [0.29, 0.717) is 45.5 Å². The number of nitrogens with zero attached hydrogens (tertiary/aromatic N) is 2. The number of anilines is 1. The molecule has 4 rings (SSSR count). The number of nitrogens with two attached hydrogens (primary N) is 1. The highest BCUT2D eigenvalue weighted by molar-refractivity contribution is 7.88. The van der Waals surface area contributed by atoms with Gasteiger partial charge in [-0.25, -0.2) is 4.21 Å². The quantitative estimate of drug-likeness (QED) is 0.241. The monoisotopic (exact) mass is 559 g/mol. The zero-order valence-corrected chi connectivity index (χ0v) is 23.3. The highest BCUT2D eigenvalue weighted by Crippen LogP contribution is 2.34. The molecule has 4 aromatic rings. The Hall–Kier alpha value is -2.92. The first kappa shape index (κ1) is 27.1. The van der Waals surface area contributed by atoms with Crippen LogP contribution in [-0.2, 0) is 28.9 Å². The summed E-state index contributed by atoms with van der Waals surface area (Å²) in [5, 5.41) is 8.41. The topological polar surface area (TPSA) is 111 Å². The lowest BCUT2D eigenvalue weighted by atomic mass is 10.0. The molecule has 8 nitrogen and oxygen atoms in total. The number of halogens is 1. The molecule has 1 amide bonds. The van der Waals surface area contributed by atoms with E-state index in [9.17, 15) is 9.00 Å². The molecule has 0 saturated carbocycles. The van der Waals surface area contributed by atoms with Crippen molar-refractivity contribution in [3.05, 3.63) is 70.1 Å². The number of hydrogen-bond acceptors (Lipinski definition) is 6. The Balaban J connectivity index is 1.55. The molecule has 2 atom stereocenters. The fraction of sp³-hybridized carbons (Fsp3) is 0.308. The largest absolute Gasteiger partial charge is 0.496 e. The first-order valence-electron chi connectivity index (χ1n) is 11.8. The number of carbonyl (C=O) groups excluding carboxylic acids is 1. The van der Waals surface area contributed by atoms with Crippen LogP contribution in [-0.4, -0.2) is 33.0 Å². The lowest BCUT2D eigenvalue weighted by Gasteiger charge is -2.14. The third-order valence-corrected chi connectivity index (χ3v) is 8.34. The molecule has 0 bridgehead atoms. The Morgan fingerprint density at radius 3 is 2.65 bits per heavy atom. The van der Waals surface area contributed by atoms with Gasteiger partial charge in [0, 0.05) is 6.54 Å². The molecule has 0 aliphatic rings. The highest BCUT2D eigenvalue weighted by Gasteiger charge is 2.19. The Bertz CT molecular complexity index is 1420. The maximum absolute atomic E-state index is 12.9. The van der Waals surface area contributed by atoms with Crippen LogP contribution in [0.5, 0.6) is 5.75 Å². The van der Waals surface area contributed by atoms with Crippen molar-refractivity contribution in [2.45, 2.75) is 43.6 Å². The molecule has 11 heteroatoms. The van der Waals surface area contributed by atoms with Crippen LogP contribution >= 0.6 is 22.9 Å². The van der Waals surface area contributed by atoms with E-state index in [4.69, 9.17) is 27.2 Å². The predicted octanol–water partition coefficient (Wildman–Crippen LogP) is 4.93. The van der Waals surface area contributed by atoms with Gasteiger partial charge in [0.2, 0.25) is 5.91 Å². The van der Waals surface area contributed by atoms with Crippen LogP contribution in [0.2, 0.25) is 4.34 Å².